The van der Waals surface area contributed by atoms with Gasteiger partial charge in [0.05, 0.1) is 12.1 Å². The number of aromatic amines is 1. The normalized spacial score (nSPS) is 11.2. The summed E-state index contributed by atoms with van der Waals surface area (Å²) in [5.74, 6) is -0.210. The van der Waals surface area contributed by atoms with Gasteiger partial charge in [0.15, 0.2) is 0 Å². The van der Waals surface area contributed by atoms with Gasteiger partial charge in [-0.3, -0.25) is 0 Å². The van der Waals surface area contributed by atoms with Crippen molar-refractivity contribution in [1.82, 2.24) is 4.98 Å². The number of aryl methyl sites for hydroxylation is 1. The predicted octanol–water partition coefficient (Wildman–Crippen LogP) is 2.16. The van der Waals surface area contributed by atoms with E-state index in [0.717, 1.165) is 28.5 Å². The first-order valence-electron chi connectivity index (χ1n) is 4.89. The lowest BCUT2D eigenvalue weighted by atomic mass is 10.1. The van der Waals surface area contributed by atoms with Gasteiger partial charge in [-0.25, -0.2) is 4.39 Å². The molecule has 0 saturated carbocycles. The summed E-state index contributed by atoms with van der Waals surface area (Å²) in [6.07, 6.45) is 0.877. The van der Waals surface area contributed by atoms with Crippen LogP contribution in [0.15, 0.2) is 16.6 Å². The molecular formula is C11H13BrFN2+. The highest BCUT2D eigenvalue weighted by Gasteiger charge is 2.12. The fourth-order valence-electron chi connectivity index (χ4n) is 1.90. The van der Waals surface area contributed by atoms with Gasteiger partial charge in [0.25, 0.3) is 0 Å². The quantitative estimate of drug-likeness (QED) is 0.841. The number of nitrogens with one attached hydrogen (secondary N) is 1. The van der Waals surface area contributed by atoms with E-state index in [1.54, 1.807) is 0 Å². The van der Waals surface area contributed by atoms with E-state index in [0.29, 0.717) is 5.52 Å². The van der Waals surface area contributed by atoms with Crippen molar-refractivity contribution in [3.8, 4) is 0 Å². The first-order chi connectivity index (χ1) is 7.13. The summed E-state index contributed by atoms with van der Waals surface area (Å²) >= 11 is 3.31. The maximum Gasteiger partial charge on any atom is 0.148 e. The molecule has 2 nitrogen and oxygen atoms in total. The van der Waals surface area contributed by atoms with Crippen LogP contribution in [-0.2, 0) is 6.42 Å². The highest BCUT2D eigenvalue weighted by atomic mass is 79.9. The maximum absolute atomic E-state index is 13.6. The molecule has 80 valence electrons. The summed E-state index contributed by atoms with van der Waals surface area (Å²) in [7, 11) is 0. The molecule has 0 radical (unpaired) electrons. The van der Waals surface area contributed by atoms with Crippen LogP contribution in [0.5, 0.6) is 0 Å². The number of fused-ring (bicyclic) bond motifs is 1. The van der Waals surface area contributed by atoms with E-state index in [2.05, 4.69) is 26.6 Å². The van der Waals surface area contributed by atoms with E-state index in [4.69, 9.17) is 0 Å². The molecule has 0 aliphatic heterocycles. The molecule has 0 amide bonds. The van der Waals surface area contributed by atoms with Gasteiger partial charge in [0.2, 0.25) is 0 Å². The second-order valence-electron chi connectivity index (χ2n) is 3.64. The van der Waals surface area contributed by atoms with Gasteiger partial charge in [-0.05, 0) is 24.6 Å². The number of hydrogen-bond donors (Lipinski definition) is 2. The Kier molecular flexibility index (Phi) is 2.80. The Morgan fingerprint density at radius 1 is 1.47 bits per heavy atom. The van der Waals surface area contributed by atoms with E-state index in [1.807, 2.05) is 13.0 Å². The average Bonchev–Trinajstić information content (AvgIpc) is 2.46. The molecule has 0 saturated heterocycles. The van der Waals surface area contributed by atoms with Crippen molar-refractivity contribution in [2.75, 3.05) is 6.54 Å². The topological polar surface area (TPSA) is 43.4 Å². The third-order valence-electron chi connectivity index (χ3n) is 2.57. The highest BCUT2D eigenvalue weighted by Crippen LogP contribution is 2.28. The number of aromatic nitrogens is 1. The molecule has 0 unspecified atom stereocenters. The molecule has 0 fully saturated rings. The van der Waals surface area contributed by atoms with Crippen LogP contribution < -0.4 is 5.73 Å². The third-order valence-corrected chi connectivity index (χ3v) is 3.03. The summed E-state index contributed by atoms with van der Waals surface area (Å²) in [6, 6.07) is 3.43. The second kappa shape index (κ2) is 3.94. The van der Waals surface area contributed by atoms with Gasteiger partial charge in [-0.1, -0.05) is 15.9 Å². The van der Waals surface area contributed by atoms with Crippen LogP contribution >= 0.6 is 15.9 Å². The molecule has 0 aliphatic carbocycles. The Balaban J connectivity index is 2.74. The van der Waals surface area contributed by atoms with Crippen LogP contribution in [0.25, 0.3) is 10.9 Å². The van der Waals surface area contributed by atoms with Crippen molar-refractivity contribution in [2.45, 2.75) is 13.3 Å². The zero-order valence-electron chi connectivity index (χ0n) is 8.53. The number of H-pyrrole nitrogens is 1. The van der Waals surface area contributed by atoms with Gasteiger partial charge in [-0.15, -0.1) is 0 Å². The second-order valence-corrected chi connectivity index (χ2v) is 4.56. The Bertz CT molecular complexity index is 505. The molecule has 1 aromatic heterocycles. The first-order valence-corrected chi connectivity index (χ1v) is 5.68. The minimum Gasteiger partial charge on any atom is -0.357 e. The van der Waals surface area contributed by atoms with E-state index < -0.39 is 0 Å². The Morgan fingerprint density at radius 3 is 2.87 bits per heavy atom. The van der Waals surface area contributed by atoms with Crippen LogP contribution in [0.4, 0.5) is 4.39 Å². The van der Waals surface area contributed by atoms with Gasteiger partial charge in [0.1, 0.15) is 5.82 Å². The number of quaternary nitrogens is 1. The maximum atomic E-state index is 13.6. The summed E-state index contributed by atoms with van der Waals surface area (Å²) in [4.78, 5) is 3.08. The zero-order valence-corrected chi connectivity index (χ0v) is 10.1. The SMILES string of the molecule is Cc1[nH]c2c(F)cc(Br)cc2c1CC[NH3+]. The Morgan fingerprint density at radius 2 is 2.20 bits per heavy atom. The van der Waals surface area contributed by atoms with Crippen molar-refractivity contribution in [3.63, 3.8) is 0 Å². The fourth-order valence-corrected chi connectivity index (χ4v) is 2.33. The van der Waals surface area contributed by atoms with E-state index in [1.165, 1.54) is 11.6 Å². The Labute approximate surface area is 95.8 Å². The standard InChI is InChI=1S/C11H12BrFN2/c1-6-8(2-3-14)9-4-7(12)5-10(13)11(9)15-6/h4-5,15H,2-3,14H2,1H3/p+1. The summed E-state index contributed by atoms with van der Waals surface area (Å²) in [5, 5.41) is 0.961. The Hall–Kier alpha value is -0.870. The molecular weight excluding hydrogens is 259 g/mol. The third kappa shape index (κ3) is 1.79. The first kappa shape index (κ1) is 10.6. The molecule has 0 bridgehead atoms. The molecule has 0 atom stereocenters. The summed E-state index contributed by atoms with van der Waals surface area (Å²) in [6.45, 7) is 2.79. The van der Waals surface area contributed by atoms with Crippen molar-refractivity contribution >= 4 is 26.8 Å². The van der Waals surface area contributed by atoms with E-state index in [9.17, 15) is 4.39 Å². The number of hydrogen-bond acceptors (Lipinski definition) is 0. The van der Waals surface area contributed by atoms with Gasteiger partial charge in [0, 0.05) is 22.0 Å². The molecule has 4 N–H and O–H groups in total. The minimum absolute atomic E-state index is 0.210. The van der Waals surface area contributed by atoms with Crippen LogP contribution in [0.3, 0.4) is 0 Å². The molecule has 0 aliphatic rings. The summed E-state index contributed by atoms with van der Waals surface area (Å²) in [5.41, 5.74) is 6.63. The largest absolute Gasteiger partial charge is 0.357 e. The lowest BCUT2D eigenvalue weighted by Gasteiger charge is -1.98. The van der Waals surface area contributed by atoms with Crippen molar-refractivity contribution < 1.29 is 10.1 Å². The lowest BCUT2D eigenvalue weighted by molar-refractivity contribution is -0.366. The monoisotopic (exact) mass is 271 g/mol. The number of benzene rings is 1. The lowest BCUT2D eigenvalue weighted by Crippen LogP contribution is -2.51. The fraction of sp³-hybridized carbons (Fsp3) is 0.273. The van der Waals surface area contributed by atoms with Crippen molar-refractivity contribution in [3.05, 3.63) is 33.7 Å². The number of halogens is 2. The van der Waals surface area contributed by atoms with Crippen molar-refractivity contribution in [2.24, 2.45) is 0 Å². The molecule has 1 aromatic carbocycles. The molecule has 15 heavy (non-hydrogen) atoms. The van der Waals surface area contributed by atoms with Crippen LogP contribution in [0, 0.1) is 12.7 Å². The molecule has 2 aromatic rings. The van der Waals surface area contributed by atoms with Crippen molar-refractivity contribution in [1.29, 1.82) is 0 Å². The number of rotatable bonds is 2. The molecule has 4 heteroatoms. The van der Waals surface area contributed by atoms with Crippen LogP contribution in [0.1, 0.15) is 11.3 Å². The molecule has 1 heterocycles. The zero-order chi connectivity index (χ0) is 11.0. The van der Waals surface area contributed by atoms with Crippen LogP contribution in [-0.4, -0.2) is 11.5 Å². The molecule has 2 rings (SSSR count). The van der Waals surface area contributed by atoms with E-state index in [-0.39, 0.29) is 5.82 Å². The minimum atomic E-state index is -0.210. The highest BCUT2D eigenvalue weighted by molar-refractivity contribution is 9.10. The van der Waals surface area contributed by atoms with Gasteiger partial charge >= 0.3 is 0 Å². The van der Waals surface area contributed by atoms with Gasteiger partial charge < -0.3 is 10.7 Å². The van der Waals surface area contributed by atoms with Crippen LogP contribution in [0.2, 0.25) is 0 Å². The van der Waals surface area contributed by atoms with E-state index >= 15 is 0 Å². The smallest absolute Gasteiger partial charge is 0.148 e. The predicted molar refractivity (Wildman–Crippen MR) is 62.2 cm³/mol. The van der Waals surface area contributed by atoms with Gasteiger partial charge in [-0.2, -0.15) is 0 Å². The average molecular weight is 272 g/mol. The molecule has 0 spiro atoms. The summed E-state index contributed by atoms with van der Waals surface area (Å²) < 4.78 is 14.4.